The maximum absolute atomic E-state index is 13.9. The van der Waals surface area contributed by atoms with Crippen molar-refractivity contribution in [3.8, 4) is 11.3 Å². The minimum Gasteiger partial charge on any atom is -0.237 e. The summed E-state index contributed by atoms with van der Waals surface area (Å²) < 4.78 is 13.9. The number of aromatic nitrogens is 2. The molecule has 0 unspecified atom stereocenters. The maximum Gasteiger partial charge on any atom is 0.159 e. The Morgan fingerprint density at radius 2 is 1.76 bits per heavy atom. The van der Waals surface area contributed by atoms with Crippen molar-refractivity contribution in [1.82, 2.24) is 9.97 Å². The fourth-order valence-corrected chi connectivity index (χ4v) is 1.78. The lowest BCUT2D eigenvalue weighted by atomic mass is 10.1. The van der Waals surface area contributed by atoms with Gasteiger partial charge in [0.25, 0.3) is 0 Å². The van der Waals surface area contributed by atoms with Crippen LogP contribution in [0.2, 0.25) is 0 Å². The summed E-state index contributed by atoms with van der Waals surface area (Å²) >= 11 is 0. The molecule has 0 aliphatic rings. The van der Waals surface area contributed by atoms with Gasteiger partial charge < -0.3 is 0 Å². The van der Waals surface area contributed by atoms with Gasteiger partial charge in [0.15, 0.2) is 5.65 Å². The summed E-state index contributed by atoms with van der Waals surface area (Å²) in [5.74, 6) is -0.322. The molecule has 2 heterocycles. The van der Waals surface area contributed by atoms with E-state index in [1.54, 1.807) is 18.3 Å². The third-order valence-corrected chi connectivity index (χ3v) is 2.59. The van der Waals surface area contributed by atoms with Crippen molar-refractivity contribution in [3.05, 3.63) is 60.5 Å². The Labute approximate surface area is 97.8 Å². The minimum atomic E-state index is -0.322. The molecule has 0 atom stereocenters. The molecule has 17 heavy (non-hydrogen) atoms. The molecule has 0 fully saturated rings. The van der Waals surface area contributed by atoms with Crippen molar-refractivity contribution in [3.63, 3.8) is 0 Å². The zero-order valence-corrected chi connectivity index (χ0v) is 8.97. The summed E-state index contributed by atoms with van der Waals surface area (Å²) in [6, 6.07) is 14.3. The Bertz CT molecular complexity index is 665. The first-order chi connectivity index (χ1) is 8.34. The molecule has 0 N–H and O–H groups in total. The summed E-state index contributed by atoms with van der Waals surface area (Å²) in [7, 11) is 0. The molecule has 82 valence electrons. The van der Waals surface area contributed by atoms with Crippen LogP contribution in [-0.4, -0.2) is 9.97 Å². The van der Waals surface area contributed by atoms with E-state index in [4.69, 9.17) is 0 Å². The highest BCUT2D eigenvalue weighted by molar-refractivity contribution is 5.78. The topological polar surface area (TPSA) is 25.8 Å². The van der Waals surface area contributed by atoms with Crippen molar-refractivity contribution in [2.45, 2.75) is 0 Å². The molecule has 0 amide bonds. The lowest BCUT2D eigenvalue weighted by molar-refractivity contribution is 0.628. The third kappa shape index (κ3) is 1.76. The number of rotatable bonds is 1. The van der Waals surface area contributed by atoms with Gasteiger partial charge in [-0.2, -0.15) is 0 Å². The van der Waals surface area contributed by atoms with Crippen LogP contribution in [0.4, 0.5) is 4.39 Å². The van der Waals surface area contributed by atoms with Crippen LogP contribution < -0.4 is 0 Å². The number of nitrogens with zero attached hydrogens (tertiary/aromatic N) is 2. The molecule has 1 aromatic carbocycles. The van der Waals surface area contributed by atoms with Gasteiger partial charge in [-0.3, -0.25) is 0 Å². The zero-order valence-electron chi connectivity index (χ0n) is 8.97. The van der Waals surface area contributed by atoms with E-state index in [2.05, 4.69) is 9.97 Å². The third-order valence-electron chi connectivity index (χ3n) is 2.59. The number of pyridine rings is 2. The molecule has 3 heteroatoms. The Kier molecular flexibility index (Phi) is 2.29. The number of fused-ring (bicyclic) bond motifs is 1. The summed E-state index contributed by atoms with van der Waals surface area (Å²) in [5.41, 5.74) is 1.67. The van der Waals surface area contributed by atoms with Gasteiger partial charge in [-0.1, -0.05) is 30.3 Å². The fraction of sp³-hybridized carbons (Fsp3) is 0. The number of benzene rings is 1. The van der Waals surface area contributed by atoms with Crippen LogP contribution in [0.25, 0.3) is 22.3 Å². The molecule has 3 rings (SSSR count). The lowest BCUT2D eigenvalue weighted by Gasteiger charge is -2.04. The summed E-state index contributed by atoms with van der Waals surface area (Å²) in [6.45, 7) is 0. The second-order valence-corrected chi connectivity index (χ2v) is 3.73. The van der Waals surface area contributed by atoms with Gasteiger partial charge in [-0.25, -0.2) is 14.4 Å². The average Bonchev–Trinajstić information content (AvgIpc) is 2.39. The summed E-state index contributed by atoms with van der Waals surface area (Å²) in [4.78, 5) is 8.39. The second kappa shape index (κ2) is 3.94. The Morgan fingerprint density at radius 1 is 0.941 bits per heavy atom. The van der Waals surface area contributed by atoms with Gasteiger partial charge in [-0.05, 0) is 18.2 Å². The van der Waals surface area contributed by atoms with Gasteiger partial charge in [0, 0.05) is 17.1 Å². The van der Waals surface area contributed by atoms with E-state index in [1.165, 1.54) is 6.07 Å². The van der Waals surface area contributed by atoms with Crippen molar-refractivity contribution >= 4 is 11.0 Å². The standard InChI is InChI=1S/C14H9FN2/c15-12-9-11-7-4-8-16-14(11)17-13(12)10-5-2-1-3-6-10/h1-9H. The monoisotopic (exact) mass is 224 g/mol. The van der Waals surface area contributed by atoms with Crippen LogP contribution in [0.5, 0.6) is 0 Å². The van der Waals surface area contributed by atoms with Crippen LogP contribution in [-0.2, 0) is 0 Å². The number of halogens is 1. The van der Waals surface area contributed by atoms with Gasteiger partial charge in [0.05, 0.1) is 0 Å². The Balaban J connectivity index is 2.27. The van der Waals surface area contributed by atoms with Gasteiger partial charge in [0.2, 0.25) is 0 Å². The molecule has 3 aromatic rings. The van der Waals surface area contributed by atoms with Gasteiger partial charge >= 0.3 is 0 Å². The maximum atomic E-state index is 13.9. The molecule has 0 aliphatic heterocycles. The van der Waals surface area contributed by atoms with E-state index < -0.39 is 0 Å². The quantitative estimate of drug-likeness (QED) is 0.632. The van der Waals surface area contributed by atoms with E-state index in [-0.39, 0.29) is 5.82 Å². The molecule has 2 aromatic heterocycles. The second-order valence-electron chi connectivity index (χ2n) is 3.73. The van der Waals surface area contributed by atoms with E-state index in [1.807, 2.05) is 30.3 Å². The molecule has 0 aliphatic carbocycles. The molecule has 0 saturated heterocycles. The summed E-state index contributed by atoms with van der Waals surface area (Å²) in [6.07, 6.45) is 1.65. The van der Waals surface area contributed by atoms with E-state index >= 15 is 0 Å². The zero-order chi connectivity index (χ0) is 11.7. The highest BCUT2D eigenvalue weighted by Gasteiger charge is 2.08. The van der Waals surface area contributed by atoms with Crippen LogP contribution in [0.1, 0.15) is 0 Å². The number of hydrogen-bond donors (Lipinski definition) is 0. The predicted molar refractivity (Wildman–Crippen MR) is 64.9 cm³/mol. The van der Waals surface area contributed by atoms with Crippen molar-refractivity contribution in [2.24, 2.45) is 0 Å². The molecule has 0 radical (unpaired) electrons. The smallest absolute Gasteiger partial charge is 0.159 e. The van der Waals surface area contributed by atoms with Gasteiger partial charge in [-0.15, -0.1) is 0 Å². The molecular formula is C14H9FN2. The van der Waals surface area contributed by atoms with Crippen LogP contribution in [0.15, 0.2) is 54.7 Å². The van der Waals surface area contributed by atoms with Crippen molar-refractivity contribution in [1.29, 1.82) is 0 Å². The first kappa shape index (κ1) is 9.90. The van der Waals surface area contributed by atoms with E-state index in [9.17, 15) is 4.39 Å². The molecule has 0 spiro atoms. The van der Waals surface area contributed by atoms with E-state index in [0.29, 0.717) is 16.7 Å². The Hall–Kier alpha value is -2.29. The molecule has 0 saturated carbocycles. The predicted octanol–water partition coefficient (Wildman–Crippen LogP) is 3.44. The van der Waals surface area contributed by atoms with Crippen molar-refractivity contribution in [2.75, 3.05) is 0 Å². The van der Waals surface area contributed by atoms with Crippen LogP contribution in [0.3, 0.4) is 0 Å². The van der Waals surface area contributed by atoms with Gasteiger partial charge in [0.1, 0.15) is 11.5 Å². The van der Waals surface area contributed by atoms with Crippen LogP contribution >= 0.6 is 0 Å². The lowest BCUT2D eigenvalue weighted by Crippen LogP contribution is -1.92. The highest BCUT2D eigenvalue weighted by atomic mass is 19.1. The normalized spacial score (nSPS) is 10.6. The molecule has 2 nitrogen and oxygen atoms in total. The van der Waals surface area contributed by atoms with Crippen molar-refractivity contribution < 1.29 is 4.39 Å². The SMILES string of the molecule is Fc1cc2cccnc2nc1-c1ccccc1. The molecule has 0 bridgehead atoms. The molecular weight excluding hydrogens is 215 g/mol. The van der Waals surface area contributed by atoms with Crippen LogP contribution in [0, 0.1) is 5.82 Å². The fourth-order valence-electron chi connectivity index (χ4n) is 1.78. The largest absolute Gasteiger partial charge is 0.237 e. The highest BCUT2D eigenvalue weighted by Crippen LogP contribution is 2.23. The average molecular weight is 224 g/mol. The first-order valence-electron chi connectivity index (χ1n) is 5.31. The Morgan fingerprint density at radius 3 is 2.59 bits per heavy atom. The summed E-state index contributed by atoms with van der Waals surface area (Å²) in [5, 5.41) is 0.713. The minimum absolute atomic E-state index is 0.322. The number of hydrogen-bond acceptors (Lipinski definition) is 2. The first-order valence-corrected chi connectivity index (χ1v) is 5.31. The van der Waals surface area contributed by atoms with E-state index in [0.717, 1.165) is 5.56 Å².